The van der Waals surface area contributed by atoms with Crippen LogP contribution in [-0.2, 0) is 19.5 Å². The van der Waals surface area contributed by atoms with E-state index in [2.05, 4.69) is 11.8 Å². The summed E-state index contributed by atoms with van der Waals surface area (Å²) in [6, 6.07) is 7.77. The van der Waals surface area contributed by atoms with Gasteiger partial charge in [-0.25, -0.2) is 0 Å². The minimum atomic E-state index is -0.0527. The SMILES string of the molecule is CCc1oc(C(=O)N2CCCOc3c(cccc3OC)C2)cc1CN1CCCC1. The molecule has 0 bridgehead atoms. The summed E-state index contributed by atoms with van der Waals surface area (Å²) in [6.07, 6.45) is 4.07. The third kappa shape index (κ3) is 4.27. The third-order valence-corrected chi connectivity index (χ3v) is 5.77. The molecule has 0 aliphatic carbocycles. The quantitative estimate of drug-likeness (QED) is 0.765. The van der Waals surface area contributed by atoms with Gasteiger partial charge in [0.1, 0.15) is 5.76 Å². The number of benzene rings is 1. The van der Waals surface area contributed by atoms with Crippen molar-refractivity contribution in [3.8, 4) is 11.5 Å². The summed E-state index contributed by atoms with van der Waals surface area (Å²) in [7, 11) is 1.64. The molecule has 29 heavy (non-hydrogen) atoms. The number of methoxy groups -OCH3 is 1. The van der Waals surface area contributed by atoms with E-state index in [9.17, 15) is 4.79 Å². The van der Waals surface area contributed by atoms with E-state index in [0.29, 0.717) is 31.2 Å². The van der Waals surface area contributed by atoms with E-state index in [1.165, 1.54) is 12.8 Å². The first-order chi connectivity index (χ1) is 14.2. The van der Waals surface area contributed by atoms with Crippen molar-refractivity contribution < 1.29 is 18.7 Å². The van der Waals surface area contributed by atoms with Crippen molar-refractivity contribution in [2.75, 3.05) is 33.4 Å². The Morgan fingerprint density at radius 2 is 2.00 bits per heavy atom. The number of carbonyl (C=O) groups excluding carboxylic acids is 1. The minimum absolute atomic E-state index is 0.0527. The van der Waals surface area contributed by atoms with Crippen LogP contribution < -0.4 is 9.47 Å². The van der Waals surface area contributed by atoms with Crippen LogP contribution in [0.15, 0.2) is 28.7 Å². The first-order valence-electron chi connectivity index (χ1n) is 10.6. The van der Waals surface area contributed by atoms with Gasteiger partial charge in [-0.15, -0.1) is 0 Å². The van der Waals surface area contributed by atoms with Crippen molar-refractivity contribution in [2.45, 2.75) is 45.7 Å². The molecule has 2 aliphatic rings. The van der Waals surface area contributed by atoms with Gasteiger partial charge in [0, 0.05) is 37.2 Å². The van der Waals surface area contributed by atoms with Gasteiger partial charge in [-0.1, -0.05) is 19.1 Å². The standard InChI is InChI=1S/C23H30N2O4/c1-3-19-18(15-24-10-4-5-11-24)14-21(29-19)23(26)25-12-7-13-28-22-17(16-25)8-6-9-20(22)27-2/h6,8-9,14H,3-5,7,10-13,15-16H2,1-2H3. The Kier molecular flexibility index (Phi) is 6.09. The number of amides is 1. The lowest BCUT2D eigenvalue weighted by Gasteiger charge is -2.26. The molecule has 0 saturated carbocycles. The van der Waals surface area contributed by atoms with E-state index in [1.54, 1.807) is 7.11 Å². The molecule has 0 unspecified atom stereocenters. The van der Waals surface area contributed by atoms with Crippen molar-refractivity contribution in [1.82, 2.24) is 9.80 Å². The zero-order valence-electron chi connectivity index (χ0n) is 17.4. The molecule has 6 nitrogen and oxygen atoms in total. The summed E-state index contributed by atoms with van der Waals surface area (Å²) in [4.78, 5) is 17.6. The van der Waals surface area contributed by atoms with Crippen molar-refractivity contribution in [1.29, 1.82) is 0 Å². The second-order valence-corrected chi connectivity index (χ2v) is 7.77. The zero-order chi connectivity index (χ0) is 20.2. The molecule has 0 atom stereocenters. The molecule has 1 fully saturated rings. The second kappa shape index (κ2) is 8.91. The maximum Gasteiger partial charge on any atom is 0.289 e. The van der Waals surface area contributed by atoms with Gasteiger partial charge in [0.2, 0.25) is 0 Å². The van der Waals surface area contributed by atoms with Gasteiger partial charge in [-0.3, -0.25) is 9.69 Å². The number of hydrogen-bond donors (Lipinski definition) is 0. The highest BCUT2D eigenvalue weighted by atomic mass is 16.5. The van der Waals surface area contributed by atoms with Gasteiger partial charge in [-0.05, 0) is 44.5 Å². The number of rotatable bonds is 5. The molecule has 0 spiro atoms. The number of aryl methyl sites for hydroxylation is 1. The predicted octanol–water partition coefficient (Wildman–Crippen LogP) is 3.87. The highest BCUT2D eigenvalue weighted by Crippen LogP contribution is 2.33. The predicted molar refractivity (Wildman–Crippen MR) is 110 cm³/mol. The molecule has 2 aliphatic heterocycles. The molecule has 0 radical (unpaired) electrons. The van der Waals surface area contributed by atoms with Gasteiger partial charge in [0.15, 0.2) is 17.3 Å². The van der Waals surface area contributed by atoms with E-state index >= 15 is 0 Å². The largest absolute Gasteiger partial charge is 0.493 e. The van der Waals surface area contributed by atoms with Gasteiger partial charge in [-0.2, -0.15) is 0 Å². The molecule has 6 heteroatoms. The number of hydrogen-bond acceptors (Lipinski definition) is 5. The number of ether oxygens (including phenoxy) is 2. The summed E-state index contributed by atoms with van der Waals surface area (Å²) in [5.74, 6) is 2.76. The van der Waals surface area contributed by atoms with Crippen molar-refractivity contribution in [3.05, 3.63) is 46.9 Å². The molecule has 0 N–H and O–H groups in total. The summed E-state index contributed by atoms with van der Waals surface area (Å²) < 4.78 is 17.4. The highest BCUT2D eigenvalue weighted by molar-refractivity contribution is 5.92. The fourth-order valence-corrected chi connectivity index (χ4v) is 4.24. The van der Waals surface area contributed by atoms with Gasteiger partial charge in [0.25, 0.3) is 5.91 Å². The van der Waals surface area contributed by atoms with E-state index in [4.69, 9.17) is 13.9 Å². The van der Waals surface area contributed by atoms with Crippen LogP contribution in [0.5, 0.6) is 11.5 Å². The Bertz CT molecular complexity index is 855. The van der Waals surface area contributed by atoms with Crippen LogP contribution in [0.3, 0.4) is 0 Å². The first kappa shape index (κ1) is 19.8. The molecule has 2 aromatic rings. The monoisotopic (exact) mass is 398 g/mol. The van der Waals surface area contributed by atoms with Crippen LogP contribution in [0.1, 0.15) is 53.6 Å². The van der Waals surface area contributed by atoms with Crippen molar-refractivity contribution in [2.24, 2.45) is 0 Å². The Hall–Kier alpha value is -2.47. The van der Waals surface area contributed by atoms with Crippen LogP contribution >= 0.6 is 0 Å². The lowest BCUT2D eigenvalue weighted by Crippen LogP contribution is -2.33. The molecule has 156 valence electrons. The molecule has 1 aromatic carbocycles. The lowest BCUT2D eigenvalue weighted by molar-refractivity contribution is 0.0687. The number of carbonyl (C=O) groups is 1. The Labute approximate surface area is 172 Å². The topological polar surface area (TPSA) is 55.2 Å². The normalized spacial score (nSPS) is 17.4. The molecule has 4 rings (SSSR count). The van der Waals surface area contributed by atoms with Crippen LogP contribution in [0.4, 0.5) is 0 Å². The van der Waals surface area contributed by atoms with Crippen LogP contribution in [0.25, 0.3) is 0 Å². The van der Waals surface area contributed by atoms with Crippen molar-refractivity contribution in [3.63, 3.8) is 0 Å². The van der Waals surface area contributed by atoms with E-state index < -0.39 is 0 Å². The van der Waals surface area contributed by atoms with E-state index in [-0.39, 0.29) is 5.91 Å². The molecule has 1 saturated heterocycles. The zero-order valence-corrected chi connectivity index (χ0v) is 17.4. The van der Waals surface area contributed by atoms with Gasteiger partial charge >= 0.3 is 0 Å². The average molecular weight is 399 g/mol. The Morgan fingerprint density at radius 1 is 1.17 bits per heavy atom. The minimum Gasteiger partial charge on any atom is -0.493 e. The van der Waals surface area contributed by atoms with Gasteiger partial charge in [0.05, 0.1) is 13.7 Å². The van der Waals surface area contributed by atoms with Gasteiger partial charge < -0.3 is 18.8 Å². The fourth-order valence-electron chi connectivity index (χ4n) is 4.24. The Balaban J connectivity index is 1.56. The molecule has 1 aromatic heterocycles. The summed E-state index contributed by atoms with van der Waals surface area (Å²) in [5, 5.41) is 0. The smallest absolute Gasteiger partial charge is 0.289 e. The number of nitrogens with zero attached hydrogens (tertiary/aromatic N) is 2. The molecular formula is C23H30N2O4. The van der Waals surface area contributed by atoms with E-state index in [1.807, 2.05) is 29.2 Å². The number of furan rings is 1. The van der Waals surface area contributed by atoms with Crippen molar-refractivity contribution >= 4 is 5.91 Å². The highest BCUT2D eigenvalue weighted by Gasteiger charge is 2.26. The first-order valence-corrected chi connectivity index (χ1v) is 10.6. The number of para-hydroxylation sites is 1. The summed E-state index contributed by atoms with van der Waals surface area (Å²) in [5.41, 5.74) is 2.10. The third-order valence-electron chi connectivity index (χ3n) is 5.77. The maximum absolute atomic E-state index is 13.3. The maximum atomic E-state index is 13.3. The second-order valence-electron chi connectivity index (χ2n) is 7.77. The summed E-state index contributed by atoms with van der Waals surface area (Å²) in [6.45, 7) is 6.87. The van der Waals surface area contributed by atoms with Crippen LogP contribution in [0, 0.1) is 0 Å². The molecule has 1 amide bonds. The fraction of sp³-hybridized carbons (Fsp3) is 0.522. The van der Waals surface area contributed by atoms with Crippen LogP contribution in [-0.4, -0.2) is 49.1 Å². The summed E-state index contributed by atoms with van der Waals surface area (Å²) >= 11 is 0. The molecular weight excluding hydrogens is 368 g/mol. The van der Waals surface area contributed by atoms with Crippen LogP contribution in [0.2, 0.25) is 0 Å². The number of fused-ring (bicyclic) bond motifs is 1. The number of likely N-dealkylation sites (tertiary alicyclic amines) is 1. The lowest BCUT2D eigenvalue weighted by atomic mass is 10.1. The van der Waals surface area contributed by atoms with E-state index in [0.717, 1.165) is 55.1 Å². The Morgan fingerprint density at radius 3 is 2.76 bits per heavy atom. The molecule has 3 heterocycles. The average Bonchev–Trinajstić information content (AvgIpc) is 3.37.